The highest BCUT2D eigenvalue weighted by Crippen LogP contribution is 2.32. The van der Waals surface area contributed by atoms with Crippen LogP contribution in [0.1, 0.15) is 39.0 Å². The second-order valence-electron chi connectivity index (χ2n) is 5.16. The Kier molecular flexibility index (Phi) is 2.61. The minimum absolute atomic E-state index is 0.228. The predicted octanol–water partition coefficient (Wildman–Crippen LogP) is 1.60. The zero-order valence-electron chi connectivity index (χ0n) is 8.76. The molecule has 0 spiro atoms. The van der Waals surface area contributed by atoms with Gasteiger partial charge in [-0.15, -0.1) is 0 Å². The van der Waals surface area contributed by atoms with E-state index in [2.05, 4.69) is 11.8 Å². The van der Waals surface area contributed by atoms with Crippen molar-refractivity contribution in [1.29, 1.82) is 0 Å². The van der Waals surface area contributed by atoms with Gasteiger partial charge in [-0.2, -0.15) is 0 Å². The molecule has 1 saturated heterocycles. The van der Waals surface area contributed by atoms with Crippen LogP contribution in [0.25, 0.3) is 0 Å². The molecule has 1 aliphatic heterocycles. The minimum atomic E-state index is 0.228. The molecule has 1 heterocycles. The molecule has 2 heteroatoms. The van der Waals surface area contributed by atoms with E-state index >= 15 is 0 Å². The van der Waals surface area contributed by atoms with Crippen LogP contribution < -0.4 is 5.73 Å². The fourth-order valence-electron chi connectivity index (χ4n) is 2.49. The van der Waals surface area contributed by atoms with Crippen molar-refractivity contribution in [2.24, 2.45) is 11.7 Å². The van der Waals surface area contributed by atoms with Gasteiger partial charge in [0, 0.05) is 12.1 Å². The molecule has 2 N–H and O–H groups in total. The molecule has 1 saturated carbocycles. The van der Waals surface area contributed by atoms with E-state index in [-0.39, 0.29) is 5.54 Å². The van der Waals surface area contributed by atoms with Gasteiger partial charge in [0.05, 0.1) is 0 Å². The van der Waals surface area contributed by atoms with E-state index < -0.39 is 0 Å². The molecule has 2 rings (SSSR count). The first-order valence-electron chi connectivity index (χ1n) is 5.69. The summed E-state index contributed by atoms with van der Waals surface area (Å²) >= 11 is 0. The summed E-state index contributed by atoms with van der Waals surface area (Å²) in [5, 5.41) is 0. The molecule has 0 radical (unpaired) electrons. The van der Waals surface area contributed by atoms with E-state index in [4.69, 9.17) is 5.73 Å². The molecular formula is C11H22N2. The summed E-state index contributed by atoms with van der Waals surface area (Å²) < 4.78 is 0. The van der Waals surface area contributed by atoms with Gasteiger partial charge in [-0.25, -0.2) is 0 Å². The van der Waals surface area contributed by atoms with Gasteiger partial charge in [-0.1, -0.05) is 6.92 Å². The van der Waals surface area contributed by atoms with Crippen molar-refractivity contribution in [3.05, 3.63) is 0 Å². The quantitative estimate of drug-likeness (QED) is 0.718. The molecule has 2 nitrogen and oxygen atoms in total. The van der Waals surface area contributed by atoms with Gasteiger partial charge in [-0.3, -0.25) is 0 Å². The third kappa shape index (κ3) is 2.23. The molecule has 2 aliphatic rings. The van der Waals surface area contributed by atoms with E-state index in [9.17, 15) is 0 Å². The van der Waals surface area contributed by atoms with E-state index in [0.29, 0.717) is 0 Å². The normalized spacial score (nSPS) is 33.2. The lowest BCUT2D eigenvalue weighted by Crippen LogP contribution is -2.48. The van der Waals surface area contributed by atoms with Gasteiger partial charge < -0.3 is 10.6 Å². The number of likely N-dealkylation sites (tertiary alicyclic amines) is 1. The van der Waals surface area contributed by atoms with Crippen molar-refractivity contribution in [1.82, 2.24) is 4.90 Å². The highest BCUT2D eigenvalue weighted by molar-refractivity contribution is 4.93. The fourth-order valence-corrected chi connectivity index (χ4v) is 2.49. The molecule has 0 aromatic rings. The number of nitrogens with zero attached hydrogens (tertiary/aromatic N) is 1. The molecule has 0 aromatic carbocycles. The molecule has 0 aromatic heterocycles. The van der Waals surface area contributed by atoms with Crippen LogP contribution in [0.2, 0.25) is 0 Å². The van der Waals surface area contributed by atoms with Crippen LogP contribution in [0, 0.1) is 5.92 Å². The molecule has 1 aliphatic carbocycles. The van der Waals surface area contributed by atoms with Crippen molar-refractivity contribution in [3.8, 4) is 0 Å². The lowest BCUT2D eigenvalue weighted by molar-refractivity contribution is 0.194. The van der Waals surface area contributed by atoms with Gasteiger partial charge in [0.1, 0.15) is 0 Å². The number of rotatable bonds is 3. The van der Waals surface area contributed by atoms with Crippen molar-refractivity contribution in [3.63, 3.8) is 0 Å². The Labute approximate surface area is 81.5 Å². The summed E-state index contributed by atoms with van der Waals surface area (Å²) in [6, 6.07) is 0. The molecule has 1 unspecified atom stereocenters. The average Bonchev–Trinajstić information content (AvgIpc) is 2.44. The Morgan fingerprint density at radius 3 is 2.69 bits per heavy atom. The Balaban J connectivity index is 1.67. The van der Waals surface area contributed by atoms with Gasteiger partial charge in [-0.05, 0) is 51.1 Å². The first-order valence-corrected chi connectivity index (χ1v) is 5.69. The van der Waals surface area contributed by atoms with Gasteiger partial charge in [0.15, 0.2) is 0 Å². The summed E-state index contributed by atoms with van der Waals surface area (Å²) in [5.41, 5.74) is 6.42. The SMILES string of the molecule is CC1CCN(CCC2(N)CCC2)C1. The fraction of sp³-hybridized carbons (Fsp3) is 1.00. The Morgan fingerprint density at radius 2 is 2.23 bits per heavy atom. The molecular weight excluding hydrogens is 160 g/mol. The third-order valence-corrected chi connectivity index (χ3v) is 3.78. The second-order valence-corrected chi connectivity index (χ2v) is 5.16. The largest absolute Gasteiger partial charge is 0.325 e. The van der Waals surface area contributed by atoms with Gasteiger partial charge in [0.2, 0.25) is 0 Å². The van der Waals surface area contributed by atoms with Gasteiger partial charge >= 0.3 is 0 Å². The van der Waals surface area contributed by atoms with Crippen LogP contribution in [0.5, 0.6) is 0 Å². The van der Waals surface area contributed by atoms with Crippen molar-refractivity contribution in [2.75, 3.05) is 19.6 Å². The smallest absolute Gasteiger partial charge is 0.0166 e. The number of hydrogen-bond acceptors (Lipinski definition) is 2. The summed E-state index contributed by atoms with van der Waals surface area (Å²) in [6.45, 7) is 6.19. The van der Waals surface area contributed by atoms with Crippen molar-refractivity contribution >= 4 is 0 Å². The predicted molar refractivity (Wildman–Crippen MR) is 55.6 cm³/mol. The molecule has 13 heavy (non-hydrogen) atoms. The van der Waals surface area contributed by atoms with E-state index in [1.807, 2.05) is 0 Å². The van der Waals surface area contributed by atoms with Crippen LogP contribution in [0.3, 0.4) is 0 Å². The standard InChI is InChI=1S/C11H22N2/c1-10-3-7-13(9-10)8-6-11(12)4-2-5-11/h10H,2-9,12H2,1H3. The molecule has 1 atom stereocenters. The van der Waals surface area contributed by atoms with Crippen molar-refractivity contribution < 1.29 is 0 Å². The maximum Gasteiger partial charge on any atom is 0.0166 e. The average molecular weight is 182 g/mol. The van der Waals surface area contributed by atoms with Crippen LogP contribution in [0.4, 0.5) is 0 Å². The molecule has 0 bridgehead atoms. The number of hydrogen-bond donors (Lipinski definition) is 1. The minimum Gasteiger partial charge on any atom is -0.325 e. The highest BCUT2D eigenvalue weighted by Gasteiger charge is 2.32. The Hall–Kier alpha value is -0.0800. The van der Waals surface area contributed by atoms with Crippen LogP contribution in [-0.2, 0) is 0 Å². The second kappa shape index (κ2) is 3.58. The third-order valence-electron chi connectivity index (χ3n) is 3.78. The maximum atomic E-state index is 6.19. The maximum absolute atomic E-state index is 6.19. The Morgan fingerprint density at radius 1 is 1.46 bits per heavy atom. The summed E-state index contributed by atoms with van der Waals surface area (Å²) in [7, 11) is 0. The zero-order chi connectivity index (χ0) is 9.31. The summed E-state index contributed by atoms with van der Waals surface area (Å²) in [4.78, 5) is 2.58. The van der Waals surface area contributed by atoms with E-state index in [0.717, 1.165) is 5.92 Å². The van der Waals surface area contributed by atoms with Crippen LogP contribution in [0.15, 0.2) is 0 Å². The van der Waals surface area contributed by atoms with E-state index in [1.165, 1.54) is 51.7 Å². The highest BCUT2D eigenvalue weighted by atomic mass is 15.1. The van der Waals surface area contributed by atoms with Crippen molar-refractivity contribution in [2.45, 2.75) is 44.6 Å². The molecule has 76 valence electrons. The van der Waals surface area contributed by atoms with Gasteiger partial charge in [0.25, 0.3) is 0 Å². The summed E-state index contributed by atoms with van der Waals surface area (Å²) in [5.74, 6) is 0.912. The molecule has 0 amide bonds. The van der Waals surface area contributed by atoms with Crippen LogP contribution in [-0.4, -0.2) is 30.1 Å². The van der Waals surface area contributed by atoms with Crippen LogP contribution >= 0.6 is 0 Å². The molecule has 2 fully saturated rings. The Bertz CT molecular complexity index is 175. The monoisotopic (exact) mass is 182 g/mol. The first kappa shape index (κ1) is 9.47. The number of nitrogens with two attached hydrogens (primary N) is 1. The lowest BCUT2D eigenvalue weighted by Gasteiger charge is -2.39. The van der Waals surface area contributed by atoms with E-state index in [1.54, 1.807) is 0 Å². The first-order chi connectivity index (χ1) is 6.18. The zero-order valence-corrected chi connectivity index (χ0v) is 8.76. The lowest BCUT2D eigenvalue weighted by atomic mass is 9.75. The topological polar surface area (TPSA) is 29.3 Å². The summed E-state index contributed by atoms with van der Waals surface area (Å²) in [6.07, 6.45) is 6.48.